The molecule has 25 heavy (non-hydrogen) atoms. The first-order valence-electron chi connectivity index (χ1n) is 7.70. The van der Waals surface area contributed by atoms with E-state index in [0.717, 1.165) is 0 Å². The quantitative estimate of drug-likeness (QED) is 0.585. The van der Waals surface area contributed by atoms with E-state index in [1.165, 1.54) is 7.11 Å². The molecule has 1 unspecified atom stereocenters. The predicted octanol–water partition coefficient (Wildman–Crippen LogP) is 2.42. The minimum Gasteiger partial charge on any atom is -0.466 e. The standard InChI is InChI=1S/C18H18N4O3/c1-11-15(18(23)25-2)16(12-7-3-4-8-13(12)22-24)21-17(20-11)14-9-5-6-10-19-14/h3-10,16,22,24H,1-2H3,(H,20,21). The van der Waals surface area contributed by atoms with Gasteiger partial charge in [0, 0.05) is 17.5 Å². The van der Waals surface area contributed by atoms with Crippen molar-refractivity contribution in [3.05, 3.63) is 71.2 Å². The summed E-state index contributed by atoms with van der Waals surface area (Å²) in [6, 6.07) is 12.0. The highest BCUT2D eigenvalue weighted by Crippen LogP contribution is 2.35. The lowest BCUT2D eigenvalue weighted by Gasteiger charge is -2.26. The van der Waals surface area contributed by atoms with Crippen LogP contribution < -0.4 is 10.8 Å². The Morgan fingerprint density at radius 3 is 2.68 bits per heavy atom. The molecule has 0 radical (unpaired) electrons. The first kappa shape index (κ1) is 16.7. The van der Waals surface area contributed by atoms with Gasteiger partial charge in [0.1, 0.15) is 11.7 Å². The molecule has 0 spiro atoms. The first-order valence-corrected chi connectivity index (χ1v) is 7.70. The van der Waals surface area contributed by atoms with Gasteiger partial charge < -0.3 is 10.1 Å². The van der Waals surface area contributed by atoms with Gasteiger partial charge in [0.25, 0.3) is 0 Å². The van der Waals surface area contributed by atoms with E-state index in [1.54, 1.807) is 31.3 Å². The second-order valence-corrected chi connectivity index (χ2v) is 5.45. The molecule has 1 atom stereocenters. The molecule has 1 aromatic heterocycles. The Morgan fingerprint density at radius 1 is 1.24 bits per heavy atom. The van der Waals surface area contributed by atoms with Crippen LogP contribution in [0.15, 0.2) is 64.9 Å². The van der Waals surface area contributed by atoms with Gasteiger partial charge in [-0.3, -0.25) is 20.7 Å². The van der Waals surface area contributed by atoms with Crippen molar-refractivity contribution in [1.82, 2.24) is 10.3 Å². The molecular formula is C18H18N4O3. The molecule has 7 heteroatoms. The molecule has 0 bridgehead atoms. The van der Waals surface area contributed by atoms with Crippen LogP contribution in [0.2, 0.25) is 0 Å². The average molecular weight is 338 g/mol. The van der Waals surface area contributed by atoms with Crippen LogP contribution in [0.1, 0.15) is 24.2 Å². The summed E-state index contributed by atoms with van der Waals surface area (Å²) in [7, 11) is 1.33. The molecule has 2 aromatic rings. The smallest absolute Gasteiger partial charge is 0.338 e. The van der Waals surface area contributed by atoms with Crippen LogP contribution in [0.3, 0.4) is 0 Å². The number of ether oxygens (including phenoxy) is 1. The largest absolute Gasteiger partial charge is 0.466 e. The number of para-hydroxylation sites is 1. The molecule has 3 N–H and O–H groups in total. The molecule has 1 aliphatic heterocycles. The summed E-state index contributed by atoms with van der Waals surface area (Å²) >= 11 is 0. The number of nitrogens with zero attached hydrogens (tertiary/aromatic N) is 2. The number of amidine groups is 1. The highest BCUT2D eigenvalue weighted by molar-refractivity contribution is 6.02. The predicted molar refractivity (Wildman–Crippen MR) is 93.2 cm³/mol. The molecule has 7 nitrogen and oxygen atoms in total. The van der Waals surface area contributed by atoms with E-state index in [1.807, 2.05) is 24.3 Å². The highest BCUT2D eigenvalue weighted by Gasteiger charge is 2.31. The fourth-order valence-electron chi connectivity index (χ4n) is 2.75. The maximum atomic E-state index is 12.3. The molecule has 0 amide bonds. The van der Waals surface area contributed by atoms with E-state index in [-0.39, 0.29) is 0 Å². The van der Waals surface area contributed by atoms with Crippen LogP contribution >= 0.6 is 0 Å². The Kier molecular flexibility index (Phi) is 4.76. The molecule has 2 heterocycles. The maximum absolute atomic E-state index is 12.3. The third-order valence-electron chi connectivity index (χ3n) is 3.93. The lowest BCUT2D eigenvalue weighted by atomic mass is 9.94. The number of rotatable bonds is 4. The van der Waals surface area contributed by atoms with Crippen LogP contribution in [0.4, 0.5) is 5.69 Å². The molecule has 0 saturated heterocycles. The number of benzene rings is 1. The van der Waals surface area contributed by atoms with Crippen molar-refractivity contribution < 1.29 is 14.7 Å². The van der Waals surface area contributed by atoms with Gasteiger partial charge in [-0.2, -0.15) is 0 Å². The van der Waals surface area contributed by atoms with Gasteiger partial charge >= 0.3 is 5.97 Å². The summed E-state index contributed by atoms with van der Waals surface area (Å²) in [6.07, 6.45) is 1.67. The van der Waals surface area contributed by atoms with Crippen LogP contribution in [-0.2, 0) is 9.53 Å². The van der Waals surface area contributed by atoms with E-state index in [0.29, 0.717) is 34.1 Å². The van der Waals surface area contributed by atoms with Gasteiger partial charge in [-0.1, -0.05) is 24.3 Å². The highest BCUT2D eigenvalue weighted by atomic mass is 16.5. The van der Waals surface area contributed by atoms with Crippen molar-refractivity contribution in [2.75, 3.05) is 12.6 Å². The van der Waals surface area contributed by atoms with Crippen molar-refractivity contribution in [2.24, 2.45) is 4.99 Å². The Morgan fingerprint density at radius 2 is 2.00 bits per heavy atom. The van der Waals surface area contributed by atoms with Gasteiger partial charge in [0.05, 0.1) is 18.4 Å². The number of pyridine rings is 1. The Hall–Kier alpha value is -3.19. The van der Waals surface area contributed by atoms with E-state index in [2.05, 4.69) is 20.8 Å². The van der Waals surface area contributed by atoms with Crippen LogP contribution in [0.5, 0.6) is 0 Å². The normalized spacial score (nSPS) is 16.8. The summed E-state index contributed by atoms with van der Waals surface area (Å²) in [6.45, 7) is 1.78. The first-order chi connectivity index (χ1) is 12.2. The zero-order chi connectivity index (χ0) is 17.8. The van der Waals surface area contributed by atoms with E-state index in [4.69, 9.17) is 4.74 Å². The Labute approximate surface area is 145 Å². The molecule has 128 valence electrons. The number of aromatic nitrogens is 1. The second kappa shape index (κ2) is 7.14. The second-order valence-electron chi connectivity index (χ2n) is 5.45. The van der Waals surface area contributed by atoms with E-state index in [9.17, 15) is 10.0 Å². The maximum Gasteiger partial charge on any atom is 0.338 e. The molecule has 3 rings (SSSR count). The van der Waals surface area contributed by atoms with Crippen molar-refractivity contribution in [3.8, 4) is 0 Å². The fourth-order valence-corrected chi connectivity index (χ4v) is 2.75. The zero-order valence-electron chi connectivity index (χ0n) is 13.9. The van der Waals surface area contributed by atoms with Crippen LogP contribution in [-0.4, -0.2) is 29.1 Å². The fraction of sp³-hybridized carbons (Fsp3) is 0.167. The summed E-state index contributed by atoms with van der Waals surface area (Å²) < 4.78 is 4.92. The Balaban J connectivity index is 2.15. The number of esters is 1. The van der Waals surface area contributed by atoms with E-state index >= 15 is 0 Å². The van der Waals surface area contributed by atoms with Crippen molar-refractivity contribution in [1.29, 1.82) is 0 Å². The molecule has 1 aliphatic rings. The minimum atomic E-state index is -0.637. The molecular weight excluding hydrogens is 320 g/mol. The van der Waals surface area contributed by atoms with Crippen molar-refractivity contribution in [2.45, 2.75) is 13.0 Å². The number of nitrogens with one attached hydrogen (secondary N) is 2. The van der Waals surface area contributed by atoms with Crippen molar-refractivity contribution in [3.63, 3.8) is 0 Å². The summed E-state index contributed by atoms with van der Waals surface area (Å²) in [4.78, 5) is 21.3. The van der Waals surface area contributed by atoms with Gasteiger partial charge in [0.15, 0.2) is 5.84 Å². The number of methoxy groups -OCH3 is 1. The third kappa shape index (κ3) is 3.22. The summed E-state index contributed by atoms with van der Waals surface area (Å²) in [5, 5.41) is 12.5. The van der Waals surface area contributed by atoms with Gasteiger partial charge in [-0.05, 0) is 25.1 Å². The monoisotopic (exact) mass is 338 g/mol. The lowest BCUT2D eigenvalue weighted by Crippen LogP contribution is -2.33. The van der Waals surface area contributed by atoms with Crippen LogP contribution in [0, 0.1) is 0 Å². The number of carbonyl (C=O) groups is 1. The summed E-state index contributed by atoms with van der Waals surface area (Å²) in [5.74, 6) is 0.0649. The van der Waals surface area contributed by atoms with Gasteiger partial charge in [0.2, 0.25) is 0 Å². The average Bonchev–Trinajstić information content (AvgIpc) is 2.67. The lowest BCUT2D eigenvalue weighted by molar-refractivity contribution is -0.136. The molecule has 1 aromatic carbocycles. The van der Waals surface area contributed by atoms with Gasteiger partial charge in [-0.25, -0.2) is 4.79 Å². The van der Waals surface area contributed by atoms with Crippen LogP contribution in [0.25, 0.3) is 0 Å². The number of anilines is 1. The SMILES string of the molecule is COC(=O)C1=C(C)NC(c2ccccn2)=NC1c1ccccc1NO. The number of allylic oxidation sites excluding steroid dienone is 1. The van der Waals surface area contributed by atoms with E-state index < -0.39 is 12.0 Å². The third-order valence-corrected chi connectivity index (χ3v) is 3.93. The molecule has 0 fully saturated rings. The Bertz CT molecular complexity index is 846. The summed E-state index contributed by atoms with van der Waals surface area (Å²) in [5.41, 5.74) is 4.94. The molecule has 0 aliphatic carbocycles. The van der Waals surface area contributed by atoms with Crippen molar-refractivity contribution >= 4 is 17.5 Å². The molecule has 0 saturated carbocycles. The zero-order valence-corrected chi connectivity index (χ0v) is 13.9. The number of hydrogen-bond acceptors (Lipinski definition) is 7. The minimum absolute atomic E-state index is 0.380. The topological polar surface area (TPSA) is 95.8 Å². The number of aliphatic imine (C=N–C) groups is 1. The number of carbonyl (C=O) groups excluding carboxylic acids is 1. The number of hydrogen-bond donors (Lipinski definition) is 3. The van der Waals surface area contributed by atoms with Gasteiger partial charge in [-0.15, -0.1) is 0 Å².